The first-order valence-electron chi connectivity index (χ1n) is 11.3. The van der Waals surface area contributed by atoms with E-state index < -0.39 is 0 Å². The van der Waals surface area contributed by atoms with Crippen LogP contribution in [0, 0.1) is 27.9 Å². The largest absolute Gasteiger partial charge is 0.491 e. The van der Waals surface area contributed by atoms with Crippen molar-refractivity contribution >= 4 is 74.2 Å². The Kier molecular flexibility index (Phi) is 9.00. The van der Waals surface area contributed by atoms with Crippen LogP contribution in [0.2, 0.25) is 0 Å². The molecule has 0 bridgehead atoms. The molecular formula is C28H25I2NO4S. The smallest absolute Gasteiger partial charge is 0.293 e. The van der Waals surface area contributed by atoms with Crippen LogP contribution in [0.1, 0.15) is 27.8 Å². The number of imide groups is 1. The van der Waals surface area contributed by atoms with Crippen LogP contribution in [0.5, 0.6) is 11.5 Å². The maximum Gasteiger partial charge on any atom is 0.293 e. The average Bonchev–Trinajstić information content (AvgIpc) is 3.08. The molecule has 0 radical (unpaired) electrons. The van der Waals surface area contributed by atoms with Crippen molar-refractivity contribution in [1.29, 1.82) is 0 Å². The molecule has 8 heteroatoms. The summed E-state index contributed by atoms with van der Waals surface area (Å²) in [5.74, 6) is 1.29. The lowest BCUT2D eigenvalue weighted by atomic mass is 10.1. The highest BCUT2D eigenvalue weighted by Gasteiger charge is 2.34. The zero-order valence-electron chi connectivity index (χ0n) is 20.1. The number of benzene rings is 3. The van der Waals surface area contributed by atoms with Crippen LogP contribution in [0.4, 0.5) is 4.79 Å². The third-order valence-corrected chi connectivity index (χ3v) is 8.08. The number of hydrogen-bond acceptors (Lipinski definition) is 5. The van der Waals surface area contributed by atoms with Gasteiger partial charge in [0.1, 0.15) is 24.7 Å². The van der Waals surface area contributed by atoms with Gasteiger partial charge in [0.05, 0.1) is 18.6 Å². The van der Waals surface area contributed by atoms with Crippen LogP contribution >= 0.6 is 56.9 Å². The number of rotatable bonds is 8. The lowest BCUT2D eigenvalue weighted by molar-refractivity contribution is -0.123. The van der Waals surface area contributed by atoms with Crippen molar-refractivity contribution in [3.8, 4) is 11.5 Å². The summed E-state index contributed by atoms with van der Waals surface area (Å²) in [5, 5.41) is -0.279. The van der Waals surface area contributed by atoms with Gasteiger partial charge in [-0.3, -0.25) is 14.5 Å². The molecule has 3 aromatic carbocycles. The molecule has 36 heavy (non-hydrogen) atoms. The highest BCUT2D eigenvalue weighted by atomic mass is 127. The maximum absolute atomic E-state index is 12.9. The van der Waals surface area contributed by atoms with E-state index in [1.165, 1.54) is 10.5 Å². The van der Waals surface area contributed by atoms with Gasteiger partial charge in [-0.2, -0.15) is 0 Å². The summed E-state index contributed by atoms with van der Waals surface area (Å²) in [5.41, 5.74) is 5.28. The van der Waals surface area contributed by atoms with Crippen LogP contribution in [0.15, 0.2) is 59.5 Å². The van der Waals surface area contributed by atoms with Gasteiger partial charge in [0, 0.05) is 0 Å². The van der Waals surface area contributed by atoms with Gasteiger partial charge in [-0.1, -0.05) is 42.0 Å². The minimum absolute atomic E-state index is 0.205. The Morgan fingerprint density at radius 1 is 0.917 bits per heavy atom. The highest BCUT2D eigenvalue weighted by Crippen LogP contribution is 2.35. The second-order valence-electron chi connectivity index (χ2n) is 8.54. The molecule has 1 aliphatic rings. The SMILES string of the molecule is Cc1cccc(COc2c(I)cc(/C=C3\SC(=O)N(CCOc4cc(C)ccc4C)C3=O)cc2I)c1. The fourth-order valence-corrected chi connectivity index (χ4v) is 6.70. The van der Waals surface area contributed by atoms with Crippen LogP contribution in [0.3, 0.4) is 0 Å². The van der Waals surface area contributed by atoms with Crippen molar-refractivity contribution < 1.29 is 19.1 Å². The minimum Gasteiger partial charge on any atom is -0.491 e. The molecule has 1 saturated heterocycles. The second-order valence-corrected chi connectivity index (χ2v) is 11.9. The van der Waals surface area contributed by atoms with Gasteiger partial charge in [0.25, 0.3) is 11.1 Å². The average molecular weight is 725 g/mol. The van der Waals surface area contributed by atoms with Gasteiger partial charge in [0.2, 0.25) is 0 Å². The molecule has 1 aliphatic heterocycles. The molecule has 0 N–H and O–H groups in total. The van der Waals surface area contributed by atoms with E-state index in [1.807, 2.05) is 56.3 Å². The predicted molar refractivity (Wildman–Crippen MR) is 161 cm³/mol. The topological polar surface area (TPSA) is 55.8 Å². The minimum atomic E-state index is -0.292. The number of aryl methyl sites for hydroxylation is 3. The Bertz CT molecular complexity index is 1330. The monoisotopic (exact) mass is 725 g/mol. The summed E-state index contributed by atoms with van der Waals surface area (Å²) in [6.07, 6.45) is 1.77. The zero-order chi connectivity index (χ0) is 25.8. The number of halogens is 2. The van der Waals surface area contributed by atoms with Crippen molar-refractivity contribution in [2.75, 3.05) is 13.2 Å². The van der Waals surface area contributed by atoms with Crippen LogP contribution in [-0.4, -0.2) is 29.2 Å². The van der Waals surface area contributed by atoms with E-state index in [-0.39, 0.29) is 24.3 Å². The second kappa shape index (κ2) is 12.0. The molecule has 0 spiro atoms. The third-order valence-electron chi connectivity index (χ3n) is 5.57. The Morgan fingerprint density at radius 3 is 2.36 bits per heavy atom. The van der Waals surface area contributed by atoms with Crippen molar-refractivity contribution in [3.63, 3.8) is 0 Å². The molecule has 3 aromatic rings. The van der Waals surface area contributed by atoms with Crippen LogP contribution in [0.25, 0.3) is 6.08 Å². The lowest BCUT2D eigenvalue weighted by Crippen LogP contribution is -2.32. The quantitative estimate of drug-likeness (QED) is 0.178. The molecule has 0 aromatic heterocycles. The number of nitrogens with zero attached hydrogens (tertiary/aromatic N) is 1. The van der Waals surface area contributed by atoms with Gasteiger partial charge in [-0.05, 0) is 124 Å². The van der Waals surface area contributed by atoms with E-state index in [0.717, 1.165) is 52.7 Å². The molecule has 0 atom stereocenters. The van der Waals surface area contributed by atoms with Gasteiger partial charge < -0.3 is 9.47 Å². The normalized spacial score (nSPS) is 14.6. The number of carbonyl (C=O) groups excluding carboxylic acids is 2. The molecule has 0 unspecified atom stereocenters. The predicted octanol–water partition coefficient (Wildman–Crippen LogP) is 7.52. The van der Waals surface area contributed by atoms with Gasteiger partial charge in [-0.25, -0.2) is 0 Å². The standard InChI is InChI=1S/C28H25I2NO4S/c1-17-5-4-6-20(11-17)16-35-26-22(29)13-21(14-23(26)30)15-25-27(32)31(28(33)36-25)9-10-34-24-12-18(2)7-8-19(24)3/h4-8,11-15H,9-10,16H2,1-3H3/b25-15-. The fourth-order valence-electron chi connectivity index (χ4n) is 3.71. The Balaban J connectivity index is 1.41. The maximum atomic E-state index is 12.9. The lowest BCUT2D eigenvalue weighted by Gasteiger charge is -2.14. The summed E-state index contributed by atoms with van der Waals surface area (Å²) in [6.45, 7) is 6.97. The summed E-state index contributed by atoms with van der Waals surface area (Å²) in [6, 6.07) is 18.1. The Hall–Kier alpha value is -2.05. The fraction of sp³-hybridized carbons (Fsp3) is 0.214. The third kappa shape index (κ3) is 6.63. The molecule has 0 aliphatic carbocycles. The molecule has 4 rings (SSSR count). The zero-order valence-corrected chi connectivity index (χ0v) is 25.3. The van der Waals surface area contributed by atoms with E-state index in [9.17, 15) is 9.59 Å². The number of carbonyl (C=O) groups is 2. The van der Waals surface area contributed by atoms with Crippen molar-refractivity contribution in [1.82, 2.24) is 4.90 Å². The molecule has 0 saturated carbocycles. The molecular weight excluding hydrogens is 700 g/mol. The van der Waals surface area contributed by atoms with Crippen molar-refractivity contribution in [3.05, 3.63) is 94.5 Å². The van der Waals surface area contributed by atoms with E-state index >= 15 is 0 Å². The van der Waals surface area contributed by atoms with E-state index in [2.05, 4.69) is 64.2 Å². The first-order chi connectivity index (χ1) is 17.2. The number of ether oxygens (including phenoxy) is 2. The van der Waals surface area contributed by atoms with Gasteiger partial charge >= 0.3 is 0 Å². The summed E-state index contributed by atoms with van der Waals surface area (Å²) in [7, 11) is 0. The number of amides is 2. The van der Waals surface area contributed by atoms with Crippen molar-refractivity contribution in [2.24, 2.45) is 0 Å². The van der Waals surface area contributed by atoms with E-state index in [1.54, 1.807) is 6.08 Å². The summed E-state index contributed by atoms with van der Waals surface area (Å²) >= 11 is 5.45. The van der Waals surface area contributed by atoms with Crippen LogP contribution < -0.4 is 9.47 Å². The molecule has 1 fully saturated rings. The van der Waals surface area contributed by atoms with Crippen LogP contribution in [-0.2, 0) is 11.4 Å². The first-order valence-corrected chi connectivity index (χ1v) is 14.3. The summed E-state index contributed by atoms with van der Waals surface area (Å²) in [4.78, 5) is 27.1. The van der Waals surface area contributed by atoms with E-state index in [0.29, 0.717) is 11.5 Å². The number of hydrogen-bond donors (Lipinski definition) is 0. The number of thioether (sulfide) groups is 1. The molecule has 1 heterocycles. The molecule has 5 nitrogen and oxygen atoms in total. The Morgan fingerprint density at radius 2 is 1.64 bits per heavy atom. The van der Waals surface area contributed by atoms with Gasteiger partial charge in [-0.15, -0.1) is 0 Å². The first kappa shape index (κ1) is 27.0. The molecule has 2 amide bonds. The summed E-state index contributed by atoms with van der Waals surface area (Å²) < 4.78 is 13.8. The van der Waals surface area contributed by atoms with E-state index in [4.69, 9.17) is 9.47 Å². The van der Waals surface area contributed by atoms with Gasteiger partial charge in [0.15, 0.2) is 0 Å². The Labute approximate surface area is 242 Å². The molecule has 186 valence electrons. The highest BCUT2D eigenvalue weighted by molar-refractivity contribution is 14.1. The van der Waals surface area contributed by atoms with Crippen molar-refractivity contribution in [2.45, 2.75) is 27.4 Å².